The third-order valence-electron chi connectivity index (χ3n) is 3.29. The molecule has 1 aromatic carbocycles. The first-order chi connectivity index (χ1) is 11.1. The van der Waals surface area contributed by atoms with Gasteiger partial charge in [0.2, 0.25) is 0 Å². The number of para-hydroxylation sites is 1. The van der Waals surface area contributed by atoms with Gasteiger partial charge in [0.25, 0.3) is 5.69 Å². The second-order valence-corrected chi connectivity index (χ2v) is 4.67. The molecule has 6 nitrogen and oxygen atoms in total. The van der Waals surface area contributed by atoms with E-state index in [1.54, 1.807) is 60.7 Å². The van der Waals surface area contributed by atoms with Crippen LogP contribution in [0.15, 0.2) is 65.5 Å². The molecule has 6 heteroatoms. The first-order valence-electron chi connectivity index (χ1n) is 6.61. The van der Waals surface area contributed by atoms with Crippen LogP contribution in [0.3, 0.4) is 0 Å². The smallest absolute Gasteiger partial charge is 0.276 e. The zero-order valence-electron chi connectivity index (χ0n) is 11.9. The molecule has 0 heterocycles. The van der Waals surface area contributed by atoms with Crippen LogP contribution in [0.1, 0.15) is 5.56 Å². The van der Waals surface area contributed by atoms with Crippen molar-refractivity contribution < 1.29 is 10.0 Å². The third kappa shape index (κ3) is 3.34. The molecule has 1 aromatic rings. The molecule has 0 bridgehead atoms. The second-order valence-electron chi connectivity index (χ2n) is 4.67. The molecule has 0 fully saturated rings. The summed E-state index contributed by atoms with van der Waals surface area (Å²) >= 11 is 0. The number of nitriles is 2. The lowest BCUT2D eigenvalue weighted by Gasteiger charge is -2.16. The molecule has 112 valence electrons. The Bertz CT molecular complexity index is 833. The molecule has 0 aromatic heterocycles. The van der Waals surface area contributed by atoms with E-state index in [4.69, 9.17) is 10.5 Å². The lowest BCUT2D eigenvalue weighted by Crippen LogP contribution is -2.08. The van der Waals surface area contributed by atoms with Crippen molar-refractivity contribution in [3.63, 3.8) is 0 Å². The number of aliphatic hydroxyl groups excluding tert-OH is 1. The van der Waals surface area contributed by atoms with Crippen LogP contribution in [0.25, 0.3) is 6.08 Å². The maximum Gasteiger partial charge on any atom is 0.276 e. The largest absolute Gasteiger partial charge is 0.509 e. The highest BCUT2D eigenvalue weighted by Crippen LogP contribution is 2.30. The molecule has 0 radical (unpaired) electrons. The van der Waals surface area contributed by atoms with Crippen LogP contribution >= 0.6 is 0 Å². The summed E-state index contributed by atoms with van der Waals surface area (Å²) < 4.78 is 0. The number of hydrogen-bond acceptors (Lipinski definition) is 5. The van der Waals surface area contributed by atoms with Crippen LogP contribution in [0.5, 0.6) is 0 Å². The van der Waals surface area contributed by atoms with E-state index in [9.17, 15) is 15.2 Å². The highest BCUT2D eigenvalue weighted by Gasteiger charge is 2.21. The van der Waals surface area contributed by atoms with Crippen LogP contribution in [0.2, 0.25) is 0 Å². The molecular weight excluding hydrogens is 294 g/mol. The number of aliphatic hydroxyl groups is 1. The standard InChI is InChI=1S/C17H11N3O3/c18-10-14(11-19)17(21)15-7-3-1-5-12(15)9-13-6-2-4-8-16(13)20(22)23/h1-9,15,21H. The molecule has 1 atom stereocenters. The van der Waals surface area contributed by atoms with Crippen molar-refractivity contribution in [1.29, 1.82) is 10.5 Å². The van der Waals surface area contributed by atoms with Gasteiger partial charge in [-0.15, -0.1) is 0 Å². The lowest BCUT2D eigenvalue weighted by molar-refractivity contribution is -0.385. The fraction of sp³-hybridized carbons (Fsp3) is 0.0588. The maximum atomic E-state index is 11.1. The number of nitrogens with zero attached hydrogens (tertiary/aromatic N) is 3. The monoisotopic (exact) mass is 305 g/mol. The Labute approximate surface area is 132 Å². The van der Waals surface area contributed by atoms with Gasteiger partial charge in [-0.1, -0.05) is 36.4 Å². The van der Waals surface area contributed by atoms with Gasteiger partial charge in [0.05, 0.1) is 16.4 Å². The molecule has 0 saturated carbocycles. The summed E-state index contributed by atoms with van der Waals surface area (Å²) in [6.45, 7) is 0. The van der Waals surface area contributed by atoms with E-state index in [-0.39, 0.29) is 17.0 Å². The Hall–Kier alpha value is -3.64. The summed E-state index contributed by atoms with van der Waals surface area (Å²) in [6.07, 6.45) is 8.23. The van der Waals surface area contributed by atoms with Crippen molar-refractivity contribution in [3.05, 3.63) is 81.2 Å². The Morgan fingerprint density at radius 3 is 2.61 bits per heavy atom. The predicted octanol–water partition coefficient (Wildman–Crippen LogP) is 3.58. The zero-order chi connectivity index (χ0) is 16.8. The minimum atomic E-state index is -0.700. The summed E-state index contributed by atoms with van der Waals surface area (Å²) in [4.78, 5) is 10.6. The number of allylic oxidation sites excluding steroid dienone is 5. The Morgan fingerprint density at radius 2 is 1.96 bits per heavy atom. The van der Waals surface area contributed by atoms with E-state index in [2.05, 4.69) is 0 Å². The second kappa shape index (κ2) is 6.88. The van der Waals surface area contributed by atoms with Gasteiger partial charge in [-0.3, -0.25) is 10.1 Å². The highest BCUT2D eigenvalue weighted by atomic mass is 16.6. The topological polar surface area (TPSA) is 111 Å². The minimum absolute atomic E-state index is 0.0639. The quantitative estimate of drug-likeness (QED) is 0.397. The molecule has 1 aliphatic carbocycles. The van der Waals surface area contributed by atoms with Crippen LogP contribution in [-0.2, 0) is 0 Å². The van der Waals surface area contributed by atoms with Crippen LogP contribution in [0, 0.1) is 38.7 Å². The molecule has 1 N–H and O–H groups in total. The molecule has 2 rings (SSSR count). The Morgan fingerprint density at radius 1 is 1.26 bits per heavy atom. The van der Waals surface area contributed by atoms with E-state index >= 15 is 0 Å². The van der Waals surface area contributed by atoms with Crippen molar-refractivity contribution in [1.82, 2.24) is 0 Å². The van der Waals surface area contributed by atoms with E-state index in [0.29, 0.717) is 11.1 Å². The number of benzene rings is 1. The molecule has 0 spiro atoms. The van der Waals surface area contributed by atoms with E-state index in [1.165, 1.54) is 6.07 Å². The van der Waals surface area contributed by atoms with Crippen LogP contribution in [-0.4, -0.2) is 10.0 Å². The first-order valence-corrected chi connectivity index (χ1v) is 6.61. The number of hydrogen-bond donors (Lipinski definition) is 1. The predicted molar refractivity (Wildman–Crippen MR) is 83.7 cm³/mol. The van der Waals surface area contributed by atoms with Crippen LogP contribution in [0.4, 0.5) is 5.69 Å². The Kier molecular flexibility index (Phi) is 4.71. The van der Waals surface area contributed by atoms with E-state index in [1.807, 2.05) is 0 Å². The third-order valence-corrected chi connectivity index (χ3v) is 3.29. The van der Waals surface area contributed by atoms with Crippen molar-refractivity contribution in [2.24, 2.45) is 5.92 Å². The summed E-state index contributed by atoms with van der Waals surface area (Å²) in [5.41, 5.74) is 0.470. The van der Waals surface area contributed by atoms with Crippen molar-refractivity contribution in [2.75, 3.05) is 0 Å². The van der Waals surface area contributed by atoms with Gasteiger partial charge in [-0.2, -0.15) is 10.5 Å². The van der Waals surface area contributed by atoms with Crippen molar-refractivity contribution >= 4 is 11.8 Å². The van der Waals surface area contributed by atoms with E-state index in [0.717, 1.165) is 0 Å². The van der Waals surface area contributed by atoms with Gasteiger partial charge < -0.3 is 5.11 Å². The normalized spacial score (nSPS) is 17.3. The Balaban J connectivity index is 2.54. The minimum Gasteiger partial charge on any atom is -0.509 e. The SMILES string of the molecule is N#CC(C#N)=C(O)C1C=CC=CC1=Cc1ccccc1[N+](=O)[O-]. The molecule has 0 aliphatic heterocycles. The fourth-order valence-corrected chi connectivity index (χ4v) is 2.19. The molecule has 0 saturated heterocycles. The molecule has 23 heavy (non-hydrogen) atoms. The van der Waals surface area contributed by atoms with Gasteiger partial charge in [-0.05, 0) is 17.7 Å². The summed E-state index contributed by atoms with van der Waals surface area (Å²) in [5, 5.41) is 39.0. The lowest BCUT2D eigenvalue weighted by atomic mass is 9.89. The van der Waals surface area contributed by atoms with Crippen molar-refractivity contribution in [3.8, 4) is 12.1 Å². The van der Waals surface area contributed by atoms with Gasteiger partial charge in [0, 0.05) is 6.07 Å². The zero-order valence-corrected chi connectivity index (χ0v) is 11.9. The van der Waals surface area contributed by atoms with Crippen molar-refractivity contribution in [2.45, 2.75) is 0 Å². The average molecular weight is 305 g/mol. The number of rotatable bonds is 3. The first kappa shape index (κ1) is 15.7. The van der Waals surface area contributed by atoms with Gasteiger partial charge >= 0.3 is 0 Å². The van der Waals surface area contributed by atoms with E-state index < -0.39 is 10.8 Å². The number of nitro groups is 1. The summed E-state index contributed by atoms with van der Waals surface area (Å²) in [6, 6.07) is 9.48. The molecular formula is C17H11N3O3. The van der Waals surface area contributed by atoms with Crippen LogP contribution < -0.4 is 0 Å². The molecule has 1 unspecified atom stereocenters. The average Bonchev–Trinajstić information content (AvgIpc) is 2.56. The van der Waals surface area contributed by atoms with Gasteiger partial charge in [0.1, 0.15) is 17.9 Å². The fourth-order valence-electron chi connectivity index (χ4n) is 2.19. The van der Waals surface area contributed by atoms with Gasteiger partial charge in [0.15, 0.2) is 5.57 Å². The number of nitro benzene ring substituents is 1. The summed E-state index contributed by atoms with van der Waals surface area (Å²) in [7, 11) is 0. The highest BCUT2D eigenvalue weighted by molar-refractivity contribution is 5.67. The van der Waals surface area contributed by atoms with Gasteiger partial charge in [-0.25, -0.2) is 0 Å². The summed E-state index contributed by atoms with van der Waals surface area (Å²) in [5.74, 6) is -1.07. The molecule has 0 amide bonds. The maximum absolute atomic E-state index is 11.1. The molecule has 1 aliphatic rings.